The summed E-state index contributed by atoms with van der Waals surface area (Å²) < 4.78 is 13.7. The summed E-state index contributed by atoms with van der Waals surface area (Å²) in [5.41, 5.74) is 2.77. The molecule has 0 bridgehead atoms. The molecule has 0 N–H and O–H groups in total. The molecule has 1 aromatic heterocycles. The summed E-state index contributed by atoms with van der Waals surface area (Å²) in [6, 6.07) is 11.5. The summed E-state index contributed by atoms with van der Waals surface area (Å²) in [5, 5.41) is 20.0. The fourth-order valence-electron chi connectivity index (χ4n) is 3.10. The maximum Gasteiger partial charge on any atom is 0.220 e. The van der Waals surface area contributed by atoms with Crippen LogP contribution in [-0.2, 0) is 0 Å². The van der Waals surface area contributed by atoms with E-state index in [4.69, 9.17) is 9.47 Å². The van der Waals surface area contributed by atoms with Gasteiger partial charge in [0.05, 0.1) is 13.7 Å². The maximum atomic E-state index is 11.5. The van der Waals surface area contributed by atoms with E-state index in [-0.39, 0.29) is 11.5 Å². The Kier molecular flexibility index (Phi) is 7.55. The van der Waals surface area contributed by atoms with Crippen molar-refractivity contribution in [2.24, 2.45) is 0 Å². The maximum absolute atomic E-state index is 11.5. The molecule has 0 fully saturated rings. The first-order chi connectivity index (χ1) is 14.8. The lowest BCUT2D eigenvalue weighted by Crippen LogP contribution is -2.12. The summed E-state index contributed by atoms with van der Waals surface area (Å²) in [6.45, 7) is 5.91. The van der Waals surface area contributed by atoms with Crippen molar-refractivity contribution in [2.75, 3.05) is 20.3 Å². The highest BCUT2D eigenvalue weighted by Gasteiger charge is 2.27. The van der Waals surface area contributed by atoms with Crippen LogP contribution in [0.2, 0.25) is 0 Å². The molecule has 0 radical (unpaired) electrons. The standard InChI is InChI=1S/C21H23BrN4O4S/c1-5-30-19-10-16(17(22)11-18(19)29-4)20(12-25(27)28)31-21-24-23-14(3)26(21)15-8-6-13(2)7-9-15/h6-11,20H,5,12H2,1-4H3/t20-/m1/s1. The van der Waals surface area contributed by atoms with Crippen LogP contribution in [0.1, 0.15) is 29.1 Å². The van der Waals surface area contributed by atoms with Crippen molar-refractivity contribution in [1.82, 2.24) is 14.8 Å². The SMILES string of the molecule is CCOc1cc([C@@H](C[N+](=O)[O-])Sc2nnc(C)n2-c2ccc(C)cc2)c(Br)cc1OC. The van der Waals surface area contributed by atoms with Gasteiger partial charge in [-0.2, -0.15) is 0 Å². The van der Waals surface area contributed by atoms with Crippen LogP contribution in [0.25, 0.3) is 5.69 Å². The molecule has 1 atom stereocenters. The number of benzene rings is 2. The van der Waals surface area contributed by atoms with Gasteiger partial charge >= 0.3 is 0 Å². The van der Waals surface area contributed by atoms with Crippen molar-refractivity contribution in [3.8, 4) is 17.2 Å². The van der Waals surface area contributed by atoms with Gasteiger partial charge in [-0.1, -0.05) is 45.4 Å². The predicted molar refractivity (Wildman–Crippen MR) is 123 cm³/mol. The van der Waals surface area contributed by atoms with Crippen molar-refractivity contribution >= 4 is 27.7 Å². The minimum atomic E-state index is -0.526. The fourth-order valence-corrected chi connectivity index (χ4v) is 5.05. The zero-order valence-corrected chi connectivity index (χ0v) is 20.1. The number of ether oxygens (including phenoxy) is 2. The molecule has 0 spiro atoms. The summed E-state index contributed by atoms with van der Waals surface area (Å²) in [5.74, 6) is 1.80. The molecule has 0 aliphatic carbocycles. The smallest absolute Gasteiger partial charge is 0.220 e. The average molecular weight is 507 g/mol. The highest BCUT2D eigenvalue weighted by atomic mass is 79.9. The van der Waals surface area contributed by atoms with Gasteiger partial charge < -0.3 is 9.47 Å². The third kappa shape index (κ3) is 5.37. The predicted octanol–water partition coefficient (Wildman–Crippen LogP) is 5.16. The number of hydrogen-bond donors (Lipinski definition) is 0. The normalized spacial score (nSPS) is 11.9. The number of thioether (sulfide) groups is 1. The molecule has 0 aliphatic heterocycles. The first-order valence-corrected chi connectivity index (χ1v) is 11.3. The molecular weight excluding hydrogens is 484 g/mol. The molecule has 0 amide bonds. The molecule has 3 aromatic rings. The van der Waals surface area contributed by atoms with E-state index in [1.54, 1.807) is 19.2 Å². The van der Waals surface area contributed by atoms with E-state index in [9.17, 15) is 10.1 Å². The number of nitro groups is 1. The van der Waals surface area contributed by atoms with E-state index in [2.05, 4.69) is 26.1 Å². The Morgan fingerprint density at radius 1 is 1.19 bits per heavy atom. The molecule has 0 unspecified atom stereocenters. The van der Waals surface area contributed by atoms with E-state index in [1.807, 2.05) is 49.6 Å². The Bertz CT molecular complexity index is 1070. The van der Waals surface area contributed by atoms with Crippen molar-refractivity contribution in [3.05, 3.63) is 67.9 Å². The van der Waals surface area contributed by atoms with Gasteiger partial charge in [-0.05, 0) is 50.6 Å². The summed E-state index contributed by atoms with van der Waals surface area (Å²) in [4.78, 5) is 11.2. The van der Waals surface area contributed by atoms with Gasteiger partial charge in [0.25, 0.3) is 0 Å². The van der Waals surface area contributed by atoms with E-state index in [1.165, 1.54) is 11.8 Å². The molecule has 31 heavy (non-hydrogen) atoms. The lowest BCUT2D eigenvalue weighted by Gasteiger charge is -2.18. The first kappa shape index (κ1) is 23.1. The van der Waals surface area contributed by atoms with E-state index >= 15 is 0 Å². The second-order valence-corrected chi connectivity index (χ2v) is 8.80. The number of methoxy groups -OCH3 is 1. The summed E-state index contributed by atoms with van der Waals surface area (Å²) >= 11 is 4.83. The number of halogens is 1. The molecular formula is C21H23BrN4O4S. The number of nitrogens with zero attached hydrogens (tertiary/aromatic N) is 4. The van der Waals surface area contributed by atoms with Crippen LogP contribution in [0.15, 0.2) is 46.0 Å². The number of aryl methyl sites for hydroxylation is 2. The summed E-state index contributed by atoms with van der Waals surface area (Å²) in [7, 11) is 1.56. The highest BCUT2D eigenvalue weighted by Crippen LogP contribution is 2.43. The van der Waals surface area contributed by atoms with Gasteiger partial charge in [-0.3, -0.25) is 14.7 Å². The zero-order chi connectivity index (χ0) is 22.5. The van der Waals surface area contributed by atoms with Crippen molar-refractivity contribution < 1.29 is 14.4 Å². The second-order valence-electron chi connectivity index (χ2n) is 6.78. The van der Waals surface area contributed by atoms with Gasteiger partial charge in [-0.25, -0.2) is 0 Å². The van der Waals surface area contributed by atoms with Gasteiger partial charge in [0.2, 0.25) is 6.54 Å². The molecule has 10 heteroatoms. The second kappa shape index (κ2) is 10.1. The van der Waals surface area contributed by atoms with Crippen molar-refractivity contribution in [2.45, 2.75) is 31.2 Å². The highest BCUT2D eigenvalue weighted by molar-refractivity contribution is 9.10. The van der Waals surface area contributed by atoms with Crippen LogP contribution in [0.3, 0.4) is 0 Å². The number of hydrogen-bond acceptors (Lipinski definition) is 7. The van der Waals surface area contributed by atoms with Gasteiger partial charge in [0.1, 0.15) is 11.1 Å². The van der Waals surface area contributed by atoms with Crippen LogP contribution in [0.5, 0.6) is 11.5 Å². The molecule has 164 valence electrons. The Hall–Kier alpha value is -2.59. The van der Waals surface area contributed by atoms with Crippen LogP contribution >= 0.6 is 27.7 Å². The molecule has 0 aliphatic rings. The summed E-state index contributed by atoms with van der Waals surface area (Å²) in [6.07, 6.45) is 0. The molecule has 0 saturated heterocycles. The van der Waals surface area contributed by atoms with Gasteiger partial charge in [-0.15, -0.1) is 10.2 Å². The van der Waals surface area contributed by atoms with Crippen LogP contribution in [-0.4, -0.2) is 39.9 Å². The Balaban J connectivity index is 2.04. The van der Waals surface area contributed by atoms with Crippen molar-refractivity contribution in [1.29, 1.82) is 0 Å². The lowest BCUT2D eigenvalue weighted by molar-refractivity contribution is -0.479. The van der Waals surface area contributed by atoms with E-state index in [0.29, 0.717) is 33.6 Å². The monoisotopic (exact) mass is 506 g/mol. The Morgan fingerprint density at radius 2 is 1.90 bits per heavy atom. The third-order valence-electron chi connectivity index (χ3n) is 4.58. The Morgan fingerprint density at radius 3 is 2.52 bits per heavy atom. The third-order valence-corrected chi connectivity index (χ3v) is 6.43. The van der Waals surface area contributed by atoms with Crippen molar-refractivity contribution in [3.63, 3.8) is 0 Å². The number of aromatic nitrogens is 3. The minimum absolute atomic E-state index is 0.291. The molecule has 1 heterocycles. The van der Waals surface area contributed by atoms with Crippen LogP contribution < -0.4 is 9.47 Å². The molecule has 2 aromatic carbocycles. The quantitative estimate of drug-likeness (QED) is 0.224. The average Bonchev–Trinajstić information content (AvgIpc) is 3.09. The minimum Gasteiger partial charge on any atom is -0.493 e. The van der Waals surface area contributed by atoms with Crippen LogP contribution in [0.4, 0.5) is 0 Å². The molecule has 3 rings (SSSR count). The molecule has 8 nitrogen and oxygen atoms in total. The fraction of sp³-hybridized carbons (Fsp3) is 0.333. The van der Waals surface area contributed by atoms with Crippen LogP contribution in [0, 0.1) is 24.0 Å². The zero-order valence-electron chi connectivity index (χ0n) is 17.7. The first-order valence-electron chi connectivity index (χ1n) is 9.61. The van der Waals surface area contributed by atoms with Gasteiger partial charge in [0.15, 0.2) is 16.7 Å². The van der Waals surface area contributed by atoms with Gasteiger partial charge in [0, 0.05) is 15.1 Å². The molecule has 0 saturated carbocycles. The van der Waals surface area contributed by atoms with E-state index < -0.39 is 5.25 Å². The van der Waals surface area contributed by atoms with E-state index in [0.717, 1.165) is 16.8 Å². The lowest BCUT2D eigenvalue weighted by atomic mass is 10.1. The topological polar surface area (TPSA) is 92.3 Å². The Labute approximate surface area is 193 Å². The largest absolute Gasteiger partial charge is 0.493 e. The number of rotatable bonds is 9.